The molecule has 2 rings (SSSR count). The second kappa shape index (κ2) is 3.27. The van der Waals surface area contributed by atoms with Gasteiger partial charge in [-0.2, -0.15) is 0 Å². The van der Waals surface area contributed by atoms with E-state index >= 15 is 0 Å². The number of carbonyl (C=O) groups is 2. The number of rotatable bonds is 1. The predicted molar refractivity (Wildman–Crippen MR) is 52.6 cm³/mol. The molecule has 0 saturated carbocycles. The molecule has 0 amide bonds. The smallest absolute Gasteiger partial charge is 0.185 e. The van der Waals surface area contributed by atoms with Crippen molar-refractivity contribution in [3.8, 4) is 0 Å². The quantitative estimate of drug-likeness (QED) is 0.647. The largest absolute Gasteiger partial charge is 0.298 e. The molecule has 0 aromatic heterocycles. The lowest BCUT2D eigenvalue weighted by molar-refractivity contribution is -0.116. The van der Waals surface area contributed by atoms with E-state index < -0.39 is 15.6 Å². The summed E-state index contributed by atoms with van der Waals surface area (Å²) in [5.74, 6) is -0.758. The van der Waals surface area contributed by atoms with Crippen LogP contribution >= 0.6 is 0 Å². The molecule has 5 heteroatoms. The number of ketones is 1. The van der Waals surface area contributed by atoms with Gasteiger partial charge in [-0.3, -0.25) is 9.59 Å². The lowest BCUT2D eigenvalue weighted by atomic mass is 10.1. The van der Waals surface area contributed by atoms with E-state index in [9.17, 15) is 18.0 Å². The topological polar surface area (TPSA) is 68.3 Å². The van der Waals surface area contributed by atoms with Crippen molar-refractivity contribution in [1.82, 2.24) is 0 Å². The third-order valence-corrected chi connectivity index (χ3v) is 4.06. The molecule has 1 aliphatic rings. The molecule has 0 bridgehead atoms. The molecule has 0 spiro atoms. The van der Waals surface area contributed by atoms with Gasteiger partial charge in [-0.05, 0) is 17.7 Å². The Labute approximate surface area is 86.8 Å². The van der Waals surface area contributed by atoms with Crippen molar-refractivity contribution >= 4 is 21.9 Å². The number of hydrogen-bond acceptors (Lipinski definition) is 4. The first-order chi connectivity index (χ1) is 7.03. The Morgan fingerprint density at radius 3 is 2.67 bits per heavy atom. The zero-order valence-electron chi connectivity index (χ0n) is 7.76. The van der Waals surface area contributed by atoms with E-state index in [1.165, 1.54) is 18.2 Å². The van der Waals surface area contributed by atoms with Crippen molar-refractivity contribution in [2.24, 2.45) is 0 Å². The minimum absolute atomic E-state index is 0.0935. The Morgan fingerprint density at radius 2 is 2.00 bits per heavy atom. The predicted octanol–water partition coefficient (Wildman–Crippen LogP) is 0.398. The van der Waals surface area contributed by atoms with Crippen LogP contribution in [-0.4, -0.2) is 26.2 Å². The highest BCUT2D eigenvalue weighted by Crippen LogP contribution is 2.23. The maximum absolute atomic E-state index is 11.6. The normalized spacial score (nSPS) is 18.3. The summed E-state index contributed by atoms with van der Waals surface area (Å²) in [6.45, 7) is 0. The van der Waals surface area contributed by atoms with Gasteiger partial charge in [0.2, 0.25) is 0 Å². The van der Waals surface area contributed by atoms with Gasteiger partial charge in [-0.25, -0.2) is 8.42 Å². The lowest BCUT2D eigenvalue weighted by Crippen LogP contribution is -2.25. The molecule has 1 aromatic carbocycles. The minimum atomic E-state index is -3.48. The van der Waals surface area contributed by atoms with E-state index in [0.717, 1.165) is 0 Å². The Bertz CT molecular complexity index is 543. The van der Waals surface area contributed by atoms with E-state index in [-0.39, 0.29) is 17.1 Å². The van der Waals surface area contributed by atoms with Crippen LogP contribution in [-0.2, 0) is 21.1 Å². The Morgan fingerprint density at radius 1 is 1.27 bits per heavy atom. The summed E-state index contributed by atoms with van der Waals surface area (Å²) in [5.41, 5.74) is 0.814. The summed E-state index contributed by atoms with van der Waals surface area (Å²) in [7, 11) is -3.48. The van der Waals surface area contributed by atoms with E-state index in [4.69, 9.17) is 0 Å². The van der Waals surface area contributed by atoms with Crippen molar-refractivity contribution in [2.45, 2.75) is 11.3 Å². The zero-order chi connectivity index (χ0) is 11.1. The Kier molecular flexibility index (Phi) is 2.19. The first kappa shape index (κ1) is 10.0. The van der Waals surface area contributed by atoms with E-state index in [0.29, 0.717) is 17.4 Å². The second-order valence-electron chi connectivity index (χ2n) is 3.46. The molecule has 1 aromatic rings. The zero-order valence-corrected chi connectivity index (χ0v) is 8.58. The van der Waals surface area contributed by atoms with Crippen molar-refractivity contribution in [1.29, 1.82) is 0 Å². The Hall–Kier alpha value is -1.49. The minimum Gasteiger partial charge on any atom is -0.298 e. The fourth-order valence-electron chi connectivity index (χ4n) is 1.67. The molecule has 1 aliphatic heterocycles. The highest BCUT2D eigenvalue weighted by molar-refractivity contribution is 7.92. The molecule has 78 valence electrons. The molecule has 1 heterocycles. The van der Waals surface area contributed by atoms with Crippen molar-refractivity contribution in [3.63, 3.8) is 0 Å². The van der Waals surface area contributed by atoms with Crippen LogP contribution in [0.15, 0.2) is 23.1 Å². The molecule has 0 fully saturated rings. The monoisotopic (exact) mass is 224 g/mol. The molecular formula is C10H8O4S. The van der Waals surface area contributed by atoms with Crippen LogP contribution in [0.2, 0.25) is 0 Å². The number of fused-ring (bicyclic) bond motifs is 1. The molecular weight excluding hydrogens is 216 g/mol. The van der Waals surface area contributed by atoms with Crippen LogP contribution in [0.4, 0.5) is 0 Å². The van der Waals surface area contributed by atoms with Gasteiger partial charge in [0.15, 0.2) is 15.6 Å². The number of sulfone groups is 1. The lowest BCUT2D eigenvalue weighted by Gasteiger charge is -2.15. The fourth-order valence-corrected chi connectivity index (χ4v) is 3.15. The van der Waals surface area contributed by atoms with Crippen LogP contribution in [0.3, 0.4) is 0 Å². The van der Waals surface area contributed by atoms with Crippen molar-refractivity contribution < 1.29 is 18.0 Å². The third kappa shape index (κ3) is 1.70. The maximum atomic E-state index is 11.6. The number of benzene rings is 1. The van der Waals surface area contributed by atoms with Crippen LogP contribution in [0.1, 0.15) is 15.9 Å². The molecule has 0 radical (unpaired) electrons. The average Bonchev–Trinajstić information content (AvgIpc) is 2.15. The fraction of sp³-hybridized carbons (Fsp3) is 0.200. The van der Waals surface area contributed by atoms with Crippen LogP contribution in [0.25, 0.3) is 0 Å². The van der Waals surface area contributed by atoms with Gasteiger partial charge < -0.3 is 0 Å². The second-order valence-corrected chi connectivity index (χ2v) is 5.42. The van der Waals surface area contributed by atoms with Crippen LogP contribution in [0, 0.1) is 0 Å². The molecule has 0 N–H and O–H groups in total. The maximum Gasteiger partial charge on any atom is 0.185 e. The van der Waals surface area contributed by atoms with E-state index in [1.807, 2.05) is 0 Å². The van der Waals surface area contributed by atoms with Gasteiger partial charge in [0.1, 0.15) is 12.0 Å². The molecule has 0 aliphatic carbocycles. The number of Topliss-reactive ketones (excluding diaryl/α,β-unsaturated/α-hetero) is 1. The SMILES string of the molecule is O=Cc1ccc2c(c1)CC(=O)CS2(=O)=O. The third-order valence-electron chi connectivity index (χ3n) is 2.29. The van der Waals surface area contributed by atoms with Crippen LogP contribution in [0.5, 0.6) is 0 Å². The summed E-state index contributed by atoms with van der Waals surface area (Å²) < 4.78 is 23.1. The van der Waals surface area contributed by atoms with Crippen LogP contribution < -0.4 is 0 Å². The van der Waals surface area contributed by atoms with E-state index in [2.05, 4.69) is 0 Å². The van der Waals surface area contributed by atoms with Gasteiger partial charge in [0, 0.05) is 12.0 Å². The van der Waals surface area contributed by atoms with Gasteiger partial charge in [0.25, 0.3) is 0 Å². The van der Waals surface area contributed by atoms with E-state index in [1.54, 1.807) is 0 Å². The van der Waals surface area contributed by atoms with Crippen molar-refractivity contribution in [3.05, 3.63) is 29.3 Å². The van der Waals surface area contributed by atoms with Crippen molar-refractivity contribution in [2.75, 3.05) is 5.75 Å². The summed E-state index contributed by atoms with van der Waals surface area (Å²) in [6, 6.07) is 4.29. The molecule has 0 unspecified atom stereocenters. The standard InChI is InChI=1S/C10H8O4S/c11-5-7-1-2-10-8(3-7)4-9(12)6-15(10,13)14/h1-3,5H,4,6H2. The summed E-state index contributed by atoms with van der Waals surface area (Å²) in [5, 5.41) is 0. The van der Waals surface area contributed by atoms with Gasteiger partial charge >= 0.3 is 0 Å². The first-order valence-electron chi connectivity index (χ1n) is 4.35. The highest BCUT2D eigenvalue weighted by Gasteiger charge is 2.28. The van der Waals surface area contributed by atoms with Gasteiger partial charge in [0.05, 0.1) is 4.90 Å². The molecule has 15 heavy (non-hydrogen) atoms. The first-order valence-corrected chi connectivity index (χ1v) is 6.01. The van der Waals surface area contributed by atoms with Gasteiger partial charge in [-0.15, -0.1) is 0 Å². The molecule has 0 saturated heterocycles. The number of carbonyl (C=O) groups excluding carboxylic acids is 2. The van der Waals surface area contributed by atoms with Gasteiger partial charge in [-0.1, -0.05) is 6.07 Å². The summed E-state index contributed by atoms with van der Waals surface area (Å²) >= 11 is 0. The Balaban J connectivity index is 2.67. The summed E-state index contributed by atoms with van der Waals surface area (Å²) in [4.78, 5) is 21.8. The number of hydrogen-bond donors (Lipinski definition) is 0. The molecule has 4 nitrogen and oxygen atoms in total. The highest BCUT2D eigenvalue weighted by atomic mass is 32.2. The summed E-state index contributed by atoms with van der Waals surface area (Å²) in [6.07, 6.45) is 0.724. The molecule has 0 atom stereocenters. The number of aldehydes is 1. The average molecular weight is 224 g/mol.